The van der Waals surface area contributed by atoms with E-state index in [-0.39, 0.29) is 0 Å². The zero-order chi connectivity index (χ0) is 19.9. The van der Waals surface area contributed by atoms with Crippen LogP contribution in [0.3, 0.4) is 0 Å². The molecule has 0 bridgehead atoms. The Bertz CT molecular complexity index is 1170. The predicted molar refractivity (Wildman–Crippen MR) is 110 cm³/mol. The zero-order valence-corrected chi connectivity index (χ0v) is 16.4. The molecule has 0 amide bonds. The van der Waals surface area contributed by atoms with Crippen molar-refractivity contribution in [3.8, 4) is 17.1 Å². The number of hydrogen-bond acceptors (Lipinski definition) is 7. The van der Waals surface area contributed by atoms with Gasteiger partial charge in [-0.25, -0.2) is 9.67 Å². The third-order valence-corrected chi connectivity index (χ3v) is 5.56. The summed E-state index contributed by atoms with van der Waals surface area (Å²) in [4.78, 5) is 11.3. The Morgan fingerprint density at radius 2 is 1.80 bits per heavy atom. The number of anilines is 1. The average molecular weight is 403 g/mol. The molecule has 9 nitrogen and oxygen atoms in total. The Labute approximate surface area is 172 Å². The summed E-state index contributed by atoms with van der Waals surface area (Å²) < 4.78 is 14.9. The monoisotopic (exact) mass is 403 g/mol. The van der Waals surface area contributed by atoms with E-state index in [1.807, 2.05) is 33.6 Å². The normalized spacial score (nSPS) is 16.7. The van der Waals surface area contributed by atoms with E-state index < -0.39 is 0 Å². The Kier molecular flexibility index (Phi) is 4.21. The van der Waals surface area contributed by atoms with Crippen molar-refractivity contribution in [2.45, 2.75) is 13.0 Å². The highest BCUT2D eigenvalue weighted by Gasteiger charge is 2.21. The molecule has 6 rings (SSSR count). The van der Waals surface area contributed by atoms with Crippen molar-refractivity contribution in [1.29, 1.82) is 0 Å². The van der Waals surface area contributed by atoms with E-state index in [0.29, 0.717) is 26.4 Å². The van der Waals surface area contributed by atoms with Crippen LogP contribution in [0.5, 0.6) is 0 Å². The maximum absolute atomic E-state index is 5.57. The quantitative estimate of drug-likeness (QED) is 0.517. The molecule has 6 heterocycles. The lowest BCUT2D eigenvalue weighted by atomic mass is 10.2. The molecule has 4 aromatic rings. The molecule has 9 heteroatoms. The minimum absolute atomic E-state index is 0.604. The van der Waals surface area contributed by atoms with Crippen molar-refractivity contribution >= 4 is 11.5 Å². The van der Waals surface area contributed by atoms with Crippen molar-refractivity contribution in [1.82, 2.24) is 29.4 Å². The summed E-state index contributed by atoms with van der Waals surface area (Å²) in [5, 5.41) is 9.62. The molecule has 0 spiro atoms. The average Bonchev–Trinajstić information content (AvgIpc) is 3.44. The summed E-state index contributed by atoms with van der Waals surface area (Å²) in [6.45, 7) is 4.34. The van der Waals surface area contributed by atoms with Crippen LogP contribution in [0, 0.1) is 0 Å². The van der Waals surface area contributed by atoms with Gasteiger partial charge in [-0.2, -0.15) is 14.7 Å². The van der Waals surface area contributed by atoms with Crippen LogP contribution in [0.15, 0.2) is 42.9 Å². The van der Waals surface area contributed by atoms with E-state index in [1.165, 1.54) is 0 Å². The van der Waals surface area contributed by atoms with Crippen molar-refractivity contribution in [3.63, 3.8) is 0 Å². The molecular formula is C21H21N7O2. The topological polar surface area (TPSA) is 82.6 Å². The largest absolute Gasteiger partial charge is 0.378 e. The molecule has 0 aliphatic carbocycles. The fourth-order valence-electron chi connectivity index (χ4n) is 3.99. The van der Waals surface area contributed by atoms with Gasteiger partial charge in [0.2, 0.25) is 0 Å². The number of ether oxygens (including phenoxy) is 2. The van der Waals surface area contributed by atoms with Crippen molar-refractivity contribution in [2.24, 2.45) is 0 Å². The molecule has 0 N–H and O–H groups in total. The summed E-state index contributed by atoms with van der Waals surface area (Å²) >= 11 is 0. The van der Waals surface area contributed by atoms with E-state index in [0.717, 1.165) is 59.3 Å². The van der Waals surface area contributed by atoms with Crippen LogP contribution >= 0.6 is 0 Å². The van der Waals surface area contributed by atoms with Crippen LogP contribution in [0.25, 0.3) is 22.7 Å². The van der Waals surface area contributed by atoms with Gasteiger partial charge in [-0.15, -0.1) is 0 Å². The maximum atomic E-state index is 5.57. The lowest BCUT2D eigenvalue weighted by molar-refractivity contribution is 0.110. The summed E-state index contributed by atoms with van der Waals surface area (Å²) in [7, 11) is 0. The fourth-order valence-corrected chi connectivity index (χ4v) is 3.99. The van der Waals surface area contributed by atoms with Crippen molar-refractivity contribution in [2.75, 3.05) is 37.8 Å². The molecule has 4 aromatic heterocycles. The molecule has 1 saturated heterocycles. The first-order chi connectivity index (χ1) is 14.8. The number of fused-ring (bicyclic) bond motifs is 2. The molecule has 30 heavy (non-hydrogen) atoms. The standard InChI is InChI=1S/C21H21N7O2/c1-4-22-5-2-15(1)18-11-20-23-19(27-13-16-14-30-8-3-17(16)24-27)12-21(28(20)25-18)26-6-9-29-10-7-26/h1-2,4-5,11-13H,3,6-10,14H2. The van der Waals surface area contributed by atoms with E-state index in [9.17, 15) is 0 Å². The third-order valence-electron chi connectivity index (χ3n) is 5.56. The van der Waals surface area contributed by atoms with Crippen LogP contribution in [0.4, 0.5) is 5.82 Å². The summed E-state index contributed by atoms with van der Waals surface area (Å²) in [5.74, 6) is 1.77. The number of nitrogens with zero attached hydrogens (tertiary/aromatic N) is 7. The smallest absolute Gasteiger partial charge is 0.160 e. The first kappa shape index (κ1) is 17.5. The highest BCUT2D eigenvalue weighted by Crippen LogP contribution is 2.26. The first-order valence-electron chi connectivity index (χ1n) is 10.1. The van der Waals surface area contributed by atoms with E-state index >= 15 is 0 Å². The minimum Gasteiger partial charge on any atom is -0.378 e. The van der Waals surface area contributed by atoms with Gasteiger partial charge in [0.15, 0.2) is 11.5 Å². The number of hydrogen-bond donors (Lipinski definition) is 0. The minimum atomic E-state index is 0.604. The molecule has 0 aromatic carbocycles. The second kappa shape index (κ2) is 7.19. The number of aromatic nitrogens is 6. The first-order valence-corrected chi connectivity index (χ1v) is 10.1. The van der Waals surface area contributed by atoms with Gasteiger partial charge in [-0.3, -0.25) is 4.98 Å². The Balaban J connectivity index is 1.51. The predicted octanol–water partition coefficient (Wildman–Crippen LogP) is 1.89. The third kappa shape index (κ3) is 3.03. The lowest BCUT2D eigenvalue weighted by Crippen LogP contribution is -2.37. The summed E-state index contributed by atoms with van der Waals surface area (Å²) in [5.41, 5.74) is 4.87. The van der Waals surface area contributed by atoms with E-state index in [1.54, 1.807) is 12.4 Å². The number of morpholine rings is 1. The van der Waals surface area contributed by atoms with Gasteiger partial charge >= 0.3 is 0 Å². The van der Waals surface area contributed by atoms with Crippen LogP contribution in [-0.2, 0) is 22.5 Å². The molecule has 2 aliphatic rings. The zero-order valence-electron chi connectivity index (χ0n) is 16.4. The Hall–Kier alpha value is -3.30. The van der Waals surface area contributed by atoms with Gasteiger partial charge in [0.25, 0.3) is 0 Å². The lowest BCUT2D eigenvalue weighted by Gasteiger charge is -2.29. The molecular weight excluding hydrogens is 382 g/mol. The van der Waals surface area contributed by atoms with Crippen molar-refractivity contribution < 1.29 is 9.47 Å². The Morgan fingerprint density at radius 1 is 0.933 bits per heavy atom. The van der Waals surface area contributed by atoms with Gasteiger partial charge in [-0.1, -0.05) is 0 Å². The number of rotatable bonds is 3. The molecule has 152 valence electrons. The van der Waals surface area contributed by atoms with Crippen LogP contribution in [-0.4, -0.2) is 62.3 Å². The van der Waals surface area contributed by atoms with E-state index in [2.05, 4.69) is 16.0 Å². The van der Waals surface area contributed by atoms with Crippen LogP contribution in [0.2, 0.25) is 0 Å². The van der Waals surface area contributed by atoms with Gasteiger partial charge in [-0.05, 0) is 12.1 Å². The Morgan fingerprint density at radius 3 is 2.63 bits per heavy atom. The van der Waals surface area contributed by atoms with E-state index in [4.69, 9.17) is 24.7 Å². The summed E-state index contributed by atoms with van der Waals surface area (Å²) in [6.07, 6.45) is 6.41. The van der Waals surface area contributed by atoms with Gasteiger partial charge in [0, 0.05) is 61.4 Å². The SMILES string of the molecule is c1cc(-c2cc3nc(-n4cc5c(n4)CCOC5)cc(N4CCOCC4)n3n2)ccn1. The second-order valence-electron chi connectivity index (χ2n) is 7.46. The van der Waals surface area contributed by atoms with Crippen molar-refractivity contribution in [3.05, 3.63) is 54.1 Å². The molecule has 1 fully saturated rings. The molecule has 0 radical (unpaired) electrons. The second-order valence-corrected chi connectivity index (χ2v) is 7.46. The highest BCUT2D eigenvalue weighted by molar-refractivity contribution is 5.66. The van der Waals surface area contributed by atoms with Crippen LogP contribution in [0.1, 0.15) is 11.3 Å². The molecule has 0 unspecified atom stereocenters. The molecule has 0 saturated carbocycles. The summed E-state index contributed by atoms with van der Waals surface area (Å²) in [6, 6.07) is 7.98. The maximum Gasteiger partial charge on any atom is 0.160 e. The molecule has 2 aliphatic heterocycles. The van der Waals surface area contributed by atoms with Gasteiger partial charge in [0.1, 0.15) is 5.82 Å². The van der Waals surface area contributed by atoms with Crippen LogP contribution < -0.4 is 4.90 Å². The highest BCUT2D eigenvalue weighted by atomic mass is 16.5. The van der Waals surface area contributed by atoms with Gasteiger partial charge in [0.05, 0.1) is 37.8 Å². The number of pyridine rings is 1. The van der Waals surface area contributed by atoms with Gasteiger partial charge < -0.3 is 14.4 Å². The molecule has 0 atom stereocenters. The fraction of sp³-hybridized carbons (Fsp3) is 0.333.